The molecule has 3 rings (SSSR count). The molecule has 0 radical (unpaired) electrons. The smallest absolute Gasteiger partial charge is 0.137 e. The van der Waals surface area contributed by atoms with Crippen LogP contribution < -0.4 is 0 Å². The van der Waals surface area contributed by atoms with Crippen LogP contribution in [0.1, 0.15) is 18.1 Å². The van der Waals surface area contributed by atoms with E-state index in [9.17, 15) is 4.39 Å². The van der Waals surface area contributed by atoms with E-state index >= 15 is 0 Å². The van der Waals surface area contributed by atoms with E-state index in [1.165, 1.54) is 6.07 Å². The first-order chi connectivity index (χ1) is 9.97. The van der Waals surface area contributed by atoms with Crippen molar-refractivity contribution in [3.05, 3.63) is 57.5 Å². The molecule has 0 saturated carbocycles. The highest BCUT2D eigenvalue weighted by Gasteiger charge is 2.17. The third-order valence-electron chi connectivity index (χ3n) is 3.16. The number of aromatic nitrogens is 2. The number of hydrogen-bond acceptors (Lipinski definition) is 1. The molecule has 108 valence electrons. The molecule has 0 spiro atoms. The van der Waals surface area contributed by atoms with Gasteiger partial charge in [0, 0.05) is 10.7 Å². The lowest BCUT2D eigenvalue weighted by atomic mass is 10.2. The number of nitrogens with zero attached hydrogens (tertiary/aromatic N) is 2. The van der Waals surface area contributed by atoms with Crippen LogP contribution in [0, 0.1) is 5.82 Å². The van der Waals surface area contributed by atoms with Crippen molar-refractivity contribution in [3.63, 3.8) is 0 Å². The largest absolute Gasteiger partial charge is 0.295 e. The maximum Gasteiger partial charge on any atom is 0.137 e. The number of hydrogen-bond donors (Lipinski definition) is 0. The highest BCUT2D eigenvalue weighted by molar-refractivity contribution is 9.10. The maximum atomic E-state index is 13.5. The molecule has 0 aliphatic rings. The van der Waals surface area contributed by atoms with Crippen LogP contribution in [0.4, 0.5) is 4.39 Å². The van der Waals surface area contributed by atoms with Crippen LogP contribution >= 0.6 is 39.1 Å². The molecule has 0 amide bonds. The van der Waals surface area contributed by atoms with Crippen LogP contribution in [0.2, 0.25) is 5.02 Å². The number of imidazole rings is 1. The van der Waals surface area contributed by atoms with Gasteiger partial charge in [-0.2, -0.15) is 0 Å². The monoisotopic (exact) mass is 386 g/mol. The Balaban J connectivity index is 2.33. The summed E-state index contributed by atoms with van der Waals surface area (Å²) in [6, 6.07) is 10.3. The normalized spacial score (nSPS) is 12.8. The topological polar surface area (TPSA) is 17.8 Å². The third kappa shape index (κ3) is 2.68. The van der Waals surface area contributed by atoms with Gasteiger partial charge in [-0.15, -0.1) is 11.6 Å². The number of fused-ring (bicyclic) bond motifs is 1. The summed E-state index contributed by atoms with van der Waals surface area (Å²) in [5.41, 5.74) is 2.42. The van der Waals surface area contributed by atoms with Crippen molar-refractivity contribution in [2.45, 2.75) is 12.3 Å². The van der Waals surface area contributed by atoms with E-state index in [-0.39, 0.29) is 11.2 Å². The zero-order valence-corrected chi connectivity index (χ0v) is 14.0. The lowest BCUT2D eigenvalue weighted by Gasteiger charge is -2.11. The first-order valence-electron chi connectivity index (χ1n) is 6.25. The fourth-order valence-electron chi connectivity index (χ4n) is 2.23. The van der Waals surface area contributed by atoms with Gasteiger partial charge in [-0.25, -0.2) is 9.37 Å². The van der Waals surface area contributed by atoms with Gasteiger partial charge in [0.25, 0.3) is 0 Å². The Bertz CT molecular complexity index is 830. The van der Waals surface area contributed by atoms with Gasteiger partial charge >= 0.3 is 0 Å². The molecule has 21 heavy (non-hydrogen) atoms. The molecule has 3 aromatic rings. The SMILES string of the molecule is CC(Cl)c1nc2cc(Cl)ccc2n1-c1ccc(F)c(Br)c1. The van der Waals surface area contributed by atoms with Gasteiger partial charge in [0.05, 0.1) is 20.9 Å². The summed E-state index contributed by atoms with van der Waals surface area (Å²) >= 11 is 15.5. The van der Waals surface area contributed by atoms with Gasteiger partial charge in [0.15, 0.2) is 0 Å². The average molecular weight is 388 g/mol. The Hall–Kier alpha value is -1.10. The van der Waals surface area contributed by atoms with Gasteiger partial charge in [0.1, 0.15) is 11.6 Å². The molecule has 1 atom stereocenters. The minimum absolute atomic E-state index is 0.292. The highest BCUT2D eigenvalue weighted by atomic mass is 79.9. The molecular weight excluding hydrogens is 378 g/mol. The fourth-order valence-corrected chi connectivity index (χ4v) is 2.91. The van der Waals surface area contributed by atoms with Crippen LogP contribution in [-0.4, -0.2) is 9.55 Å². The summed E-state index contributed by atoms with van der Waals surface area (Å²) in [6.07, 6.45) is 0. The number of halogens is 4. The summed E-state index contributed by atoms with van der Waals surface area (Å²) in [4.78, 5) is 4.54. The molecule has 2 nitrogen and oxygen atoms in total. The zero-order valence-electron chi connectivity index (χ0n) is 10.9. The van der Waals surface area contributed by atoms with E-state index in [0.29, 0.717) is 15.3 Å². The van der Waals surface area contributed by atoms with Crippen molar-refractivity contribution in [1.29, 1.82) is 0 Å². The fraction of sp³-hybridized carbons (Fsp3) is 0.133. The van der Waals surface area contributed by atoms with E-state index in [1.54, 1.807) is 24.3 Å². The zero-order chi connectivity index (χ0) is 15.1. The Morgan fingerprint density at radius 3 is 2.67 bits per heavy atom. The Morgan fingerprint density at radius 2 is 2.00 bits per heavy atom. The molecule has 1 unspecified atom stereocenters. The van der Waals surface area contributed by atoms with E-state index in [0.717, 1.165) is 16.7 Å². The average Bonchev–Trinajstić information content (AvgIpc) is 2.80. The summed E-state index contributed by atoms with van der Waals surface area (Å²) in [5, 5.41) is 0.321. The summed E-state index contributed by atoms with van der Waals surface area (Å²) in [7, 11) is 0. The second-order valence-electron chi connectivity index (χ2n) is 4.65. The standard InChI is InChI=1S/C15H10BrCl2FN2/c1-8(17)15-20-13-6-9(18)2-5-14(13)21(15)10-3-4-12(19)11(16)7-10/h2-8H,1H3. The molecule has 0 saturated heterocycles. The molecule has 2 aromatic carbocycles. The molecule has 0 N–H and O–H groups in total. The van der Waals surface area contributed by atoms with Crippen molar-refractivity contribution in [1.82, 2.24) is 9.55 Å². The minimum atomic E-state index is -0.313. The highest BCUT2D eigenvalue weighted by Crippen LogP contribution is 2.31. The number of alkyl halides is 1. The van der Waals surface area contributed by atoms with Crippen molar-refractivity contribution in [2.24, 2.45) is 0 Å². The molecule has 0 aliphatic heterocycles. The minimum Gasteiger partial charge on any atom is -0.295 e. The van der Waals surface area contributed by atoms with Gasteiger partial charge in [0.2, 0.25) is 0 Å². The molecular formula is C15H10BrCl2FN2. The Kier molecular flexibility index (Phi) is 3.95. The van der Waals surface area contributed by atoms with Gasteiger partial charge in [-0.1, -0.05) is 11.6 Å². The summed E-state index contributed by atoms with van der Waals surface area (Å²) in [5.74, 6) is 0.374. The van der Waals surface area contributed by atoms with E-state index in [1.807, 2.05) is 17.6 Å². The molecule has 1 heterocycles. The van der Waals surface area contributed by atoms with Crippen molar-refractivity contribution >= 4 is 50.2 Å². The van der Waals surface area contributed by atoms with Crippen LogP contribution in [-0.2, 0) is 0 Å². The summed E-state index contributed by atoms with van der Waals surface area (Å²) < 4.78 is 15.8. The van der Waals surface area contributed by atoms with Crippen molar-refractivity contribution in [2.75, 3.05) is 0 Å². The number of benzene rings is 2. The van der Waals surface area contributed by atoms with Gasteiger partial charge in [-0.05, 0) is 59.3 Å². The Morgan fingerprint density at radius 1 is 1.24 bits per heavy atom. The van der Waals surface area contributed by atoms with Crippen molar-refractivity contribution in [3.8, 4) is 5.69 Å². The Labute approximate surface area is 139 Å². The third-order valence-corrected chi connectivity index (χ3v) is 4.20. The molecule has 6 heteroatoms. The number of rotatable bonds is 2. The molecule has 0 bridgehead atoms. The lowest BCUT2D eigenvalue weighted by Crippen LogP contribution is -2.02. The quantitative estimate of drug-likeness (QED) is 0.502. The first-order valence-corrected chi connectivity index (χ1v) is 7.85. The maximum absolute atomic E-state index is 13.5. The van der Waals surface area contributed by atoms with E-state index in [4.69, 9.17) is 23.2 Å². The van der Waals surface area contributed by atoms with Gasteiger partial charge in [-0.3, -0.25) is 4.57 Å². The second-order valence-corrected chi connectivity index (χ2v) is 6.60. The van der Waals surface area contributed by atoms with E-state index in [2.05, 4.69) is 20.9 Å². The molecule has 0 aliphatic carbocycles. The van der Waals surface area contributed by atoms with Crippen LogP contribution in [0.25, 0.3) is 16.7 Å². The summed E-state index contributed by atoms with van der Waals surface area (Å²) in [6.45, 7) is 1.85. The van der Waals surface area contributed by atoms with Crippen LogP contribution in [0.15, 0.2) is 40.9 Å². The van der Waals surface area contributed by atoms with Crippen LogP contribution in [0.3, 0.4) is 0 Å². The second kappa shape index (κ2) is 5.59. The lowest BCUT2D eigenvalue weighted by molar-refractivity contribution is 0.620. The van der Waals surface area contributed by atoms with E-state index < -0.39 is 0 Å². The predicted octanol–water partition coefficient (Wildman–Crippen LogP) is 5.88. The predicted molar refractivity (Wildman–Crippen MR) is 88.0 cm³/mol. The van der Waals surface area contributed by atoms with Gasteiger partial charge < -0.3 is 0 Å². The first kappa shape index (κ1) is 14.8. The molecule has 0 fully saturated rings. The molecule has 1 aromatic heterocycles. The van der Waals surface area contributed by atoms with Crippen LogP contribution in [0.5, 0.6) is 0 Å². The van der Waals surface area contributed by atoms with Crippen molar-refractivity contribution < 1.29 is 4.39 Å².